The molecular formula is C13H17ClN2O. The summed E-state index contributed by atoms with van der Waals surface area (Å²) in [5.41, 5.74) is 0.845. The van der Waals surface area contributed by atoms with E-state index in [0.29, 0.717) is 5.92 Å². The van der Waals surface area contributed by atoms with Gasteiger partial charge in [-0.25, -0.2) is 4.98 Å². The van der Waals surface area contributed by atoms with Gasteiger partial charge in [0.15, 0.2) is 0 Å². The minimum Gasteiger partial charge on any atom is -0.464 e. The van der Waals surface area contributed by atoms with Gasteiger partial charge in [0.25, 0.3) is 0 Å². The molecule has 0 bridgehead atoms. The predicted molar refractivity (Wildman–Crippen MR) is 71.6 cm³/mol. The SMILES string of the molecule is CC(C)CC(Cl)CNc1nccc2occc12. The average Bonchev–Trinajstić information content (AvgIpc) is 2.73. The summed E-state index contributed by atoms with van der Waals surface area (Å²) in [6.07, 6.45) is 4.40. The number of fused-ring (bicyclic) bond motifs is 1. The first-order valence-electron chi connectivity index (χ1n) is 5.87. The molecule has 92 valence electrons. The van der Waals surface area contributed by atoms with E-state index in [1.807, 2.05) is 12.1 Å². The van der Waals surface area contributed by atoms with E-state index in [0.717, 1.165) is 29.8 Å². The second-order valence-corrected chi connectivity index (χ2v) is 5.22. The molecule has 1 unspecified atom stereocenters. The van der Waals surface area contributed by atoms with Crippen LogP contribution in [0.15, 0.2) is 29.0 Å². The smallest absolute Gasteiger partial charge is 0.139 e. The molecule has 17 heavy (non-hydrogen) atoms. The highest BCUT2D eigenvalue weighted by molar-refractivity contribution is 6.20. The number of pyridine rings is 1. The zero-order valence-electron chi connectivity index (χ0n) is 10.1. The molecule has 0 aromatic carbocycles. The molecule has 2 aromatic heterocycles. The van der Waals surface area contributed by atoms with E-state index in [9.17, 15) is 0 Å². The Morgan fingerprint density at radius 3 is 3.00 bits per heavy atom. The number of halogens is 1. The van der Waals surface area contributed by atoms with Crippen LogP contribution >= 0.6 is 11.6 Å². The number of hydrogen-bond donors (Lipinski definition) is 1. The van der Waals surface area contributed by atoms with Gasteiger partial charge in [-0.05, 0) is 24.5 Å². The molecule has 2 heterocycles. The van der Waals surface area contributed by atoms with E-state index in [1.54, 1.807) is 12.5 Å². The maximum Gasteiger partial charge on any atom is 0.139 e. The van der Waals surface area contributed by atoms with Crippen molar-refractivity contribution in [1.29, 1.82) is 0 Å². The van der Waals surface area contributed by atoms with Gasteiger partial charge < -0.3 is 9.73 Å². The molecule has 0 saturated carbocycles. The highest BCUT2D eigenvalue weighted by Crippen LogP contribution is 2.22. The van der Waals surface area contributed by atoms with Gasteiger partial charge in [-0.3, -0.25) is 0 Å². The van der Waals surface area contributed by atoms with E-state index >= 15 is 0 Å². The molecule has 2 rings (SSSR count). The lowest BCUT2D eigenvalue weighted by Crippen LogP contribution is -2.16. The largest absolute Gasteiger partial charge is 0.464 e. The average molecular weight is 253 g/mol. The third-order valence-electron chi connectivity index (χ3n) is 2.60. The summed E-state index contributed by atoms with van der Waals surface area (Å²) in [6, 6.07) is 3.77. The highest BCUT2D eigenvalue weighted by atomic mass is 35.5. The zero-order valence-corrected chi connectivity index (χ0v) is 10.9. The summed E-state index contributed by atoms with van der Waals surface area (Å²) in [6.45, 7) is 5.06. The summed E-state index contributed by atoms with van der Waals surface area (Å²) in [5.74, 6) is 1.45. The molecule has 3 nitrogen and oxygen atoms in total. The summed E-state index contributed by atoms with van der Waals surface area (Å²) in [4.78, 5) is 4.30. The molecule has 0 saturated heterocycles. The van der Waals surface area contributed by atoms with Crippen LogP contribution in [0.25, 0.3) is 11.0 Å². The van der Waals surface area contributed by atoms with Gasteiger partial charge in [0.2, 0.25) is 0 Å². The van der Waals surface area contributed by atoms with Crippen molar-refractivity contribution in [3.05, 3.63) is 24.6 Å². The second-order valence-electron chi connectivity index (χ2n) is 4.60. The first-order valence-corrected chi connectivity index (χ1v) is 6.30. The van der Waals surface area contributed by atoms with Gasteiger partial charge in [0.05, 0.1) is 17.0 Å². The molecule has 1 N–H and O–H groups in total. The first kappa shape index (κ1) is 12.2. The molecule has 0 aliphatic heterocycles. The van der Waals surface area contributed by atoms with E-state index in [2.05, 4.69) is 24.1 Å². The Hall–Kier alpha value is -1.22. The van der Waals surface area contributed by atoms with Gasteiger partial charge in [-0.2, -0.15) is 0 Å². The summed E-state index contributed by atoms with van der Waals surface area (Å²) < 4.78 is 5.32. The Balaban J connectivity index is 2.01. The summed E-state index contributed by atoms with van der Waals surface area (Å²) >= 11 is 6.24. The Bertz CT molecular complexity index is 481. The summed E-state index contributed by atoms with van der Waals surface area (Å²) in [5, 5.41) is 4.40. The Morgan fingerprint density at radius 1 is 1.41 bits per heavy atom. The van der Waals surface area contributed by atoms with Crippen LogP contribution in [-0.2, 0) is 0 Å². The second kappa shape index (κ2) is 5.41. The van der Waals surface area contributed by atoms with Gasteiger partial charge in [-0.15, -0.1) is 11.6 Å². The molecule has 0 fully saturated rings. The van der Waals surface area contributed by atoms with Gasteiger partial charge >= 0.3 is 0 Å². The van der Waals surface area contributed by atoms with Crippen molar-refractivity contribution < 1.29 is 4.42 Å². The normalized spacial score (nSPS) is 13.2. The minimum atomic E-state index is 0.124. The van der Waals surface area contributed by atoms with Crippen molar-refractivity contribution in [2.75, 3.05) is 11.9 Å². The van der Waals surface area contributed by atoms with E-state index in [1.165, 1.54) is 0 Å². The topological polar surface area (TPSA) is 38.1 Å². The number of anilines is 1. The van der Waals surface area contributed by atoms with Crippen molar-refractivity contribution in [1.82, 2.24) is 4.98 Å². The zero-order chi connectivity index (χ0) is 12.3. The molecule has 0 spiro atoms. The molecule has 1 atom stereocenters. The van der Waals surface area contributed by atoms with Crippen molar-refractivity contribution in [2.45, 2.75) is 25.6 Å². The van der Waals surface area contributed by atoms with Crippen LogP contribution in [0.2, 0.25) is 0 Å². The van der Waals surface area contributed by atoms with E-state index in [-0.39, 0.29) is 5.38 Å². The highest BCUT2D eigenvalue weighted by Gasteiger charge is 2.09. The lowest BCUT2D eigenvalue weighted by atomic mass is 10.1. The lowest BCUT2D eigenvalue weighted by molar-refractivity contribution is 0.572. The number of nitrogens with one attached hydrogen (secondary N) is 1. The first-order chi connectivity index (χ1) is 8.16. The summed E-state index contributed by atoms with van der Waals surface area (Å²) in [7, 11) is 0. The monoisotopic (exact) mass is 252 g/mol. The minimum absolute atomic E-state index is 0.124. The fourth-order valence-corrected chi connectivity index (χ4v) is 2.27. The van der Waals surface area contributed by atoms with Crippen LogP contribution < -0.4 is 5.32 Å². The Labute approximate surface area is 106 Å². The molecular weight excluding hydrogens is 236 g/mol. The van der Waals surface area contributed by atoms with Crippen LogP contribution in [0.3, 0.4) is 0 Å². The number of nitrogens with zero attached hydrogens (tertiary/aromatic N) is 1. The fraction of sp³-hybridized carbons (Fsp3) is 0.462. The number of hydrogen-bond acceptors (Lipinski definition) is 3. The molecule has 2 aromatic rings. The van der Waals surface area contributed by atoms with Gasteiger partial charge in [0.1, 0.15) is 11.4 Å². The van der Waals surface area contributed by atoms with Gasteiger partial charge in [-0.1, -0.05) is 13.8 Å². The van der Waals surface area contributed by atoms with Crippen LogP contribution in [-0.4, -0.2) is 16.9 Å². The predicted octanol–water partition coefficient (Wildman–Crippen LogP) is 3.89. The third kappa shape index (κ3) is 3.13. The van der Waals surface area contributed by atoms with Crippen LogP contribution in [0.5, 0.6) is 0 Å². The number of rotatable bonds is 5. The molecule has 0 aliphatic rings. The van der Waals surface area contributed by atoms with E-state index in [4.69, 9.17) is 16.0 Å². The van der Waals surface area contributed by atoms with Crippen LogP contribution in [0, 0.1) is 5.92 Å². The molecule has 0 aliphatic carbocycles. The number of alkyl halides is 1. The maximum atomic E-state index is 6.24. The lowest BCUT2D eigenvalue weighted by Gasteiger charge is -2.13. The Morgan fingerprint density at radius 2 is 2.24 bits per heavy atom. The number of furan rings is 1. The van der Waals surface area contributed by atoms with Gasteiger partial charge in [0, 0.05) is 12.7 Å². The van der Waals surface area contributed by atoms with Crippen molar-refractivity contribution in [3.63, 3.8) is 0 Å². The van der Waals surface area contributed by atoms with Crippen LogP contribution in [0.1, 0.15) is 20.3 Å². The quantitative estimate of drug-likeness (QED) is 0.821. The number of aromatic nitrogens is 1. The molecule has 0 radical (unpaired) electrons. The Kier molecular flexibility index (Phi) is 3.89. The molecule has 0 amide bonds. The molecule has 4 heteroatoms. The van der Waals surface area contributed by atoms with Crippen LogP contribution in [0.4, 0.5) is 5.82 Å². The maximum absolute atomic E-state index is 6.24. The fourth-order valence-electron chi connectivity index (χ4n) is 1.84. The van der Waals surface area contributed by atoms with Crippen molar-refractivity contribution in [2.24, 2.45) is 5.92 Å². The van der Waals surface area contributed by atoms with E-state index < -0.39 is 0 Å². The van der Waals surface area contributed by atoms with Crippen molar-refractivity contribution in [3.8, 4) is 0 Å². The third-order valence-corrected chi connectivity index (χ3v) is 2.93. The van der Waals surface area contributed by atoms with Crippen molar-refractivity contribution >= 4 is 28.4 Å². The standard InChI is InChI=1S/C13H17ClN2O/c1-9(2)7-10(14)8-16-13-11-4-6-17-12(11)3-5-15-13/h3-6,9-10H,7-8H2,1-2H3,(H,15,16).